The predicted molar refractivity (Wildman–Crippen MR) is 101 cm³/mol. The minimum absolute atomic E-state index is 0.0635. The van der Waals surface area contributed by atoms with Gasteiger partial charge in [-0.15, -0.1) is 0 Å². The lowest BCUT2D eigenvalue weighted by atomic mass is 9.86. The van der Waals surface area contributed by atoms with E-state index in [0.717, 1.165) is 11.9 Å². The van der Waals surface area contributed by atoms with Crippen LogP contribution in [-0.2, 0) is 14.8 Å². The Morgan fingerprint density at radius 1 is 1.23 bits per heavy atom. The molecule has 0 saturated heterocycles. The average Bonchev–Trinajstić information content (AvgIpc) is 3.08. The number of hydrogen-bond acceptors (Lipinski definition) is 4. The van der Waals surface area contributed by atoms with Gasteiger partial charge in [-0.05, 0) is 30.5 Å². The van der Waals surface area contributed by atoms with Gasteiger partial charge in [0.25, 0.3) is 0 Å². The average molecular weight is 378 g/mol. The number of carbonyl (C=O) groups is 1. The SMILES string of the molecule is O=C(CCC1CCCCC1)NCCS(=O)(=O)Nc1ccn2nccc2c1. The molecule has 0 aliphatic heterocycles. The maximum absolute atomic E-state index is 12.2. The molecule has 0 atom stereocenters. The summed E-state index contributed by atoms with van der Waals surface area (Å²) < 4.78 is 28.5. The zero-order valence-corrected chi connectivity index (χ0v) is 15.7. The molecule has 1 amide bonds. The molecule has 1 aliphatic rings. The molecule has 26 heavy (non-hydrogen) atoms. The number of fused-ring (bicyclic) bond motifs is 1. The Bertz CT molecular complexity index is 841. The van der Waals surface area contributed by atoms with Gasteiger partial charge in [0.2, 0.25) is 15.9 Å². The van der Waals surface area contributed by atoms with E-state index >= 15 is 0 Å². The third kappa shape index (κ3) is 5.45. The topological polar surface area (TPSA) is 92.6 Å². The summed E-state index contributed by atoms with van der Waals surface area (Å²) in [5.74, 6) is 0.442. The van der Waals surface area contributed by atoms with Gasteiger partial charge in [0, 0.05) is 25.4 Å². The van der Waals surface area contributed by atoms with Gasteiger partial charge < -0.3 is 5.32 Å². The molecule has 8 heteroatoms. The summed E-state index contributed by atoms with van der Waals surface area (Å²) in [6.07, 6.45) is 11.0. The molecule has 142 valence electrons. The molecule has 2 N–H and O–H groups in total. The highest BCUT2D eigenvalue weighted by atomic mass is 32.2. The fraction of sp³-hybridized carbons (Fsp3) is 0.556. The van der Waals surface area contributed by atoms with Crippen molar-refractivity contribution in [1.29, 1.82) is 0 Å². The van der Waals surface area contributed by atoms with E-state index in [2.05, 4.69) is 15.1 Å². The molecule has 7 nitrogen and oxygen atoms in total. The first kappa shape index (κ1) is 18.7. The molecule has 1 fully saturated rings. The van der Waals surface area contributed by atoms with Crippen LogP contribution in [0.15, 0.2) is 30.6 Å². The highest BCUT2D eigenvalue weighted by Gasteiger charge is 2.15. The Balaban J connectivity index is 1.40. The lowest BCUT2D eigenvalue weighted by Crippen LogP contribution is -2.31. The first-order chi connectivity index (χ1) is 12.5. The molecule has 0 spiro atoms. The van der Waals surface area contributed by atoms with E-state index in [1.54, 1.807) is 35.1 Å². The van der Waals surface area contributed by atoms with Gasteiger partial charge in [0.1, 0.15) is 0 Å². The maximum atomic E-state index is 12.2. The normalized spacial score (nSPS) is 15.8. The van der Waals surface area contributed by atoms with Gasteiger partial charge in [-0.3, -0.25) is 9.52 Å². The number of anilines is 1. The Kier molecular flexibility index (Phi) is 6.13. The monoisotopic (exact) mass is 378 g/mol. The van der Waals surface area contributed by atoms with Gasteiger partial charge in [0.05, 0.1) is 17.0 Å². The molecule has 3 rings (SSSR count). The first-order valence-corrected chi connectivity index (χ1v) is 10.9. The molecular weight excluding hydrogens is 352 g/mol. The Labute approximate surface area is 154 Å². The van der Waals surface area contributed by atoms with Gasteiger partial charge >= 0.3 is 0 Å². The van der Waals surface area contributed by atoms with Crippen LogP contribution in [-0.4, -0.2) is 36.2 Å². The van der Waals surface area contributed by atoms with Crippen LogP contribution in [0.4, 0.5) is 5.69 Å². The van der Waals surface area contributed by atoms with E-state index in [1.165, 1.54) is 32.1 Å². The zero-order valence-electron chi connectivity index (χ0n) is 14.9. The number of sulfonamides is 1. The summed E-state index contributed by atoms with van der Waals surface area (Å²) in [5.41, 5.74) is 1.29. The fourth-order valence-corrected chi connectivity index (χ4v) is 4.40. The Morgan fingerprint density at radius 3 is 2.85 bits per heavy atom. The van der Waals surface area contributed by atoms with Crippen LogP contribution in [0.25, 0.3) is 5.52 Å². The van der Waals surface area contributed by atoms with Crippen LogP contribution >= 0.6 is 0 Å². The Morgan fingerprint density at radius 2 is 2.04 bits per heavy atom. The lowest BCUT2D eigenvalue weighted by Gasteiger charge is -2.20. The second kappa shape index (κ2) is 8.53. The predicted octanol–water partition coefficient (Wildman–Crippen LogP) is 2.55. The van der Waals surface area contributed by atoms with Crippen LogP contribution in [0.5, 0.6) is 0 Å². The van der Waals surface area contributed by atoms with Gasteiger partial charge in [-0.1, -0.05) is 32.1 Å². The van der Waals surface area contributed by atoms with E-state index in [1.807, 2.05) is 0 Å². The van der Waals surface area contributed by atoms with Gasteiger partial charge in [-0.2, -0.15) is 5.10 Å². The van der Waals surface area contributed by atoms with E-state index in [9.17, 15) is 13.2 Å². The number of hydrogen-bond donors (Lipinski definition) is 2. The fourth-order valence-electron chi connectivity index (χ4n) is 3.44. The van der Waals surface area contributed by atoms with Crippen molar-refractivity contribution < 1.29 is 13.2 Å². The van der Waals surface area contributed by atoms with E-state index in [-0.39, 0.29) is 18.2 Å². The molecular formula is C18H26N4O3S. The van der Waals surface area contributed by atoms with E-state index in [0.29, 0.717) is 18.0 Å². The van der Waals surface area contributed by atoms with E-state index < -0.39 is 10.0 Å². The third-order valence-electron chi connectivity index (χ3n) is 4.87. The largest absolute Gasteiger partial charge is 0.355 e. The summed E-state index contributed by atoms with van der Waals surface area (Å²) >= 11 is 0. The highest BCUT2D eigenvalue weighted by Crippen LogP contribution is 2.27. The lowest BCUT2D eigenvalue weighted by molar-refractivity contribution is -0.121. The molecule has 2 aromatic rings. The van der Waals surface area contributed by atoms with Crippen molar-refractivity contribution in [2.24, 2.45) is 5.92 Å². The van der Waals surface area contributed by atoms with Crippen molar-refractivity contribution in [1.82, 2.24) is 14.9 Å². The number of rotatable bonds is 8. The smallest absolute Gasteiger partial charge is 0.234 e. The number of nitrogens with zero attached hydrogens (tertiary/aromatic N) is 2. The second-order valence-electron chi connectivity index (χ2n) is 6.93. The number of amides is 1. The first-order valence-electron chi connectivity index (χ1n) is 9.22. The van der Waals surface area contributed by atoms with Crippen molar-refractivity contribution in [3.8, 4) is 0 Å². The molecule has 2 aromatic heterocycles. The molecule has 1 aliphatic carbocycles. The van der Waals surface area contributed by atoms with Gasteiger partial charge in [0.15, 0.2) is 0 Å². The van der Waals surface area contributed by atoms with Crippen LogP contribution < -0.4 is 10.0 Å². The summed E-state index contributed by atoms with van der Waals surface area (Å²) in [4.78, 5) is 11.9. The van der Waals surface area contributed by atoms with E-state index in [4.69, 9.17) is 0 Å². The second-order valence-corrected chi connectivity index (χ2v) is 8.77. The number of carbonyl (C=O) groups excluding carboxylic acids is 1. The van der Waals surface area contributed by atoms with Crippen LogP contribution in [0.2, 0.25) is 0 Å². The van der Waals surface area contributed by atoms with Gasteiger partial charge in [-0.25, -0.2) is 12.9 Å². The van der Waals surface area contributed by atoms with Crippen molar-refractivity contribution in [3.63, 3.8) is 0 Å². The summed E-state index contributed by atoms with van der Waals surface area (Å²) in [7, 11) is -3.51. The minimum Gasteiger partial charge on any atom is -0.355 e. The number of pyridine rings is 1. The number of nitrogens with one attached hydrogen (secondary N) is 2. The summed E-state index contributed by atoms with van der Waals surface area (Å²) in [6, 6.07) is 5.16. The Hall–Kier alpha value is -2.09. The molecule has 1 saturated carbocycles. The van der Waals surface area contributed by atoms with Crippen LogP contribution in [0.3, 0.4) is 0 Å². The van der Waals surface area contributed by atoms with Crippen molar-refractivity contribution in [2.45, 2.75) is 44.9 Å². The summed E-state index contributed by atoms with van der Waals surface area (Å²) in [5, 5.41) is 6.79. The molecule has 0 aromatic carbocycles. The quantitative estimate of drug-likeness (QED) is 0.738. The summed E-state index contributed by atoms with van der Waals surface area (Å²) in [6.45, 7) is 0.119. The van der Waals surface area contributed by atoms with Crippen LogP contribution in [0.1, 0.15) is 44.9 Å². The van der Waals surface area contributed by atoms with Crippen LogP contribution in [0, 0.1) is 5.92 Å². The third-order valence-corrected chi connectivity index (χ3v) is 6.16. The number of aromatic nitrogens is 2. The van der Waals surface area contributed by atoms with Crippen molar-refractivity contribution in [2.75, 3.05) is 17.0 Å². The van der Waals surface area contributed by atoms with Crippen molar-refractivity contribution in [3.05, 3.63) is 30.6 Å². The van der Waals surface area contributed by atoms with Crippen molar-refractivity contribution >= 4 is 27.1 Å². The highest BCUT2D eigenvalue weighted by molar-refractivity contribution is 7.92. The molecule has 0 unspecified atom stereocenters. The standard InChI is InChI=1S/C18H26N4O3S/c23-18(7-6-15-4-2-1-3-5-15)19-11-13-26(24,25)21-16-9-12-22-17(14-16)8-10-20-22/h8-10,12,14-15,21H,1-7,11,13H2,(H,19,23). The molecule has 2 heterocycles. The molecule has 0 radical (unpaired) electrons. The molecule has 0 bridgehead atoms. The minimum atomic E-state index is -3.51. The zero-order chi connectivity index (χ0) is 18.4. The maximum Gasteiger partial charge on any atom is 0.234 e.